The summed E-state index contributed by atoms with van der Waals surface area (Å²) in [5, 5.41) is 6.84. The lowest BCUT2D eigenvalue weighted by Crippen LogP contribution is -2.40. The summed E-state index contributed by atoms with van der Waals surface area (Å²) in [4.78, 5) is 0. The molecular weight excluding hydrogens is 138 g/mol. The number of nitrogens with two attached hydrogens (primary N) is 1. The van der Waals surface area contributed by atoms with Gasteiger partial charge in [-0.1, -0.05) is 0 Å². The Morgan fingerprint density at radius 1 is 1.36 bits per heavy atom. The van der Waals surface area contributed by atoms with Crippen LogP contribution in [0.1, 0.15) is 19.3 Å². The average Bonchev–Trinajstić information content (AvgIpc) is 2.07. The molecule has 1 heterocycles. The fraction of sp³-hybridized carbons (Fsp3) is 1.00. The van der Waals surface area contributed by atoms with Crippen molar-refractivity contribution >= 4 is 0 Å². The Balaban J connectivity index is 1.96. The normalized spacial score (nSPS) is 20.5. The highest BCUT2D eigenvalue weighted by atomic mass is 15.0. The minimum Gasteiger partial charge on any atom is -0.330 e. The van der Waals surface area contributed by atoms with Crippen molar-refractivity contribution in [3.8, 4) is 0 Å². The van der Waals surface area contributed by atoms with Crippen LogP contribution in [-0.4, -0.2) is 32.2 Å². The lowest BCUT2D eigenvalue weighted by Gasteiger charge is -2.23. The van der Waals surface area contributed by atoms with Gasteiger partial charge in [0.05, 0.1) is 0 Å². The topological polar surface area (TPSA) is 50.1 Å². The third kappa shape index (κ3) is 3.70. The molecule has 0 aliphatic carbocycles. The molecule has 4 N–H and O–H groups in total. The molecule has 0 saturated carbocycles. The third-order valence-corrected chi connectivity index (χ3v) is 2.15. The first-order valence-corrected chi connectivity index (χ1v) is 4.57. The molecule has 1 aliphatic heterocycles. The average molecular weight is 157 g/mol. The Hall–Kier alpha value is -0.120. The first-order chi connectivity index (χ1) is 5.43. The van der Waals surface area contributed by atoms with Gasteiger partial charge in [0.15, 0.2) is 0 Å². The van der Waals surface area contributed by atoms with Crippen LogP contribution in [0.2, 0.25) is 0 Å². The predicted molar refractivity (Wildman–Crippen MR) is 47.6 cm³/mol. The van der Waals surface area contributed by atoms with Gasteiger partial charge in [0.25, 0.3) is 0 Å². The van der Waals surface area contributed by atoms with E-state index in [0.717, 1.165) is 25.6 Å². The van der Waals surface area contributed by atoms with Crippen LogP contribution in [-0.2, 0) is 0 Å². The molecular formula is C8H19N3. The van der Waals surface area contributed by atoms with Gasteiger partial charge in [0.2, 0.25) is 0 Å². The van der Waals surface area contributed by atoms with Gasteiger partial charge in [-0.15, -0.1) is 0 Å². The molecule has 1 rings (SSSR count). The molecule has 0 aromatic carbocycles. The molecule has 3 heteroatoms. The van der Waals surface area contributed by atoms with Gasteiger partial charge in [-0.25, -0.2) is 0 Å². The van der Waals surface area contributed by atoms with Crippen molar-refractivity contribution in [2.45, 2.75) is 25.3 Å². The monoisotopic (exact) mass is 157 g/mol. The molecule has 1 fully saturated rings. The van der Waals surface area contributed by atoms with E-state index in [1.165, 1.54) is 25.9 Å². The van der Waals surface area contributed by atoms with Crippen molar-refractivity contribution in [1.82, 2.24) is 10.6 Å². The van der Waals surface area contributed by atoms with Crippen molar-refractivity contribution in [2.75, 3.05) is 26.2 Å². The smallest absolute Gasteiger partial charge is 0.00912 e. The predicted octanol–water partition coefficient (Wildman–Crippen LogP) is -0.323. The van der Waals surface area contributed by atoms with Crippen molar-refractivity contribution in [3.05, 3.63) is 0 Å². The lowest BCUT2D eigenvalue weighted by molar-refractivity contribution is 0.387. The van der Waals surface area contributed by atoms with Crippen LogP contribution in [0.3, 0.4) is 0 Å². The van der Waals surface area contributed by atoms with E-state index in [0.29, 0.717) is 0 Å². The fourth-order valence-corrected chi connectivity index (χ4v) is 1.43. The molecule has 0 bridgehead atoms. The highest BCUT2D eigenvalue weighted by Crippen LogP contribution is 2.00. The summed E-state index contributed by atoms with van der Waals surface area (Å²) >= 11 is 0. The summed E-state index contributed by atoms with van der Waals surface area (Å²) in [7, 11) is 0. The lowest BCUT2D eigenvalue weighted by atomic mass is 10.1. The summed E-state index contributed by atoms with van der Waals surface area (Å²) in [6.45, 7) is 4.22. The van der Waals surface area contributed by atoms with Crippen LogP contribution in [0.15, 0.2) is 0 Å². The molecule has 0 spiro atoms. The second-order valence-corrected chi connectivity index (χ2v) is 3.12. The second kappa shape index (κ2) is 5.52. The van der Waals surface area contributed by atoms with Crippen LogP contribution < -0.4 is 16.4 Å². The van der Waals surface area contributed by atoms with E-state index in [2.05, 4.69) is 10.6 Å². The zero-order valence-electron chi connectivity index (χ0n) is 7.10. The Morgan fingerprint density at radius 3 is 2.73 bits per heavy atom. The maximum atomic E-state index is 5.39. The zero-order valence-corrected chi connectivity index (χ0v) is 7.10. The molecule has 0 aromatic heterocycles. The summed E-state index contributed by atoms with van der Waals surface area (Å²) in [6, 6.07) is 0.739. The van der Waals surface area contributed by atoms with Gasteiger partial charge < -0.3 is 16.4 Å². The number of rotatable bonds is 4. The Kier molecular flexibility index (Phi) is 4.50. The summed E-state index contributed by atoms with van der Waals surface area (Å²) in [5.74, 6) is 0. The highest BCUT2D eigenvalue weighted by Gasteiger charge is 2.10. The van der Waals surface area contributed by atoms with E-state index in [1.807, 2.05) is 0 Å². The second-order valence-electron chi connectivity index (χ2n) is 3.12. The van der Waals surface area contributed by atoms with Crippen LogP contribution in [0.25, 0.3) is 0 Å². The van der Waals surface area contributed by atoms with Crippen LogP contribution in [0, 0.1) is 0 Å². The fourth-order valence-electron chi connectivity index (χ4n) is 1.43. The van der Waals surface area contributed by atoms with E-state index in [9.17, 15) is 0 Å². The summed E-state index contributed by atoms with van der Waals surface area (Å²) < 4.78 is 0. The minimum atomic E-state index is 0.739. The van der Waals surface area contributed by atoms with Gasteiger partial charge >= 0.3 is 0 Å². The third-order valence-electron chi connectivity index (χ3n) is 2.15. The Morgan fingerprint density at radius 2 is 2.09 bits per heavy atom. The summed E-state index contributed by atoms with van der Waals surface area (Å²) in [5.41, 5.74) is 5.39. The van der Waals surface area contributed by atoms with Crippen LogP contribution in [0.5, 0.6) is 0 Å². The van der Waals surface area contributed by atoms with Crippen molar-refractivity contribution in [3.63, 3.8) is 0 Å². The van der Waals surface area contributed by atoms with E-state index >= 15 is 0 Å². The molecule has 0 radical (unpaired) electrons. The first kappa shape index (κ1) is 8.97. The maximum absolute atomic E-state index is 5.39. The Labute approximate surface area is 68.7 Å². The maximum Gasteiger partial charge on any atom is 0.00912 e. The summed E-state index contributed by atoms with van der Waals surface area (Å²) in [6.07, 6.45) is 3.64. The molecule has 0 amide bonds. The van der Waals surface area contributed by atoms with Crippen LogP contribution >= 0.6 is 0 Å². The molecule has 1 aliphatic rings. The molecule has 1 saturated heterocycles. The molecule has 0 unspecified atom stereocenters. The minimum absolute atomic E-state index is 0.739. The van der Waals surface area contributed by atoms with Gasteiger partial charge in [-0.3, -0.25) is 0 Å². The molecule has 3 nitrogen and oxygen atoms in total. The molecule has 0 aromatic rings. The first-order valence-electron chi connectivity index (χ1n) is 4.57. The number of hydrogen-bond acceptors (Lipinski definition) is 3. The van der Waals surface area contributed by atoms with Crippen molar-refractivity contribution < 1.29 is 0 Å². The largest absolute Gasteiger partial charge is 0.330 e. The van der Waals surface area contributed by atoms with Gasteiger partial charge in [-0.2, -0.15) is 0 Å². The van der Waals surface area contributed by atoms with E-state index < -0.39 is 0 Å². The molecule has 0 atom stereocenters. The van der Waals surface area contributed by atoms with E-state index in [-0.39, 0.29) is 0 Å². The van der Waals surface area contributed by atoms with E-state index in [4.69, 9.17) is 5.73 Å². The van der Waals surface area contributed by atoms with Gasteiger partial charge in [-0.05, 0) is 45.4 Å². The van der Waals surface area contributed by atoms with E-state index in [1.54, 1.807) is 0 Å². The number of nitrogens with one attached hydrogen (secondary N) is 2. The van der Waals surface area contributed by atoms with Crippen LogP contribution in [0.4, 0.5) is 0 Å². The molecule has 66 valence electrons. The molecule has 11 heavy (non-hydrogen) atoms. The van der Waals surface area contributed by atoms with Gasteiger partial charge in [0.1, 0.15) is 0 Å². The van der Waals surface area contributed by atoms with Gasteiger partial charge in [0, 0.05) is 6.04 Å². The highest BCUT2D eigenvalue weighted by molar-refractivity contribution is 4.73. The van der Waals surface area contributed by atoms with Crippen molar-refractivity contribution in [1.29, 1.82) is 0 Å². The standard InChI is InChI=1S/C8H19N3/c9-4-1-5-11-8-2-6-10-7-3-8/h8,10-11H,1-7,9H2. The Bertz CT molecular complexity index is 89.3. The van der Waals surface area contributed by atoms with Crippen molar-refractivity contribution in [2.24, 2.45) is 5.73 Å². The number of piperidine rings is 1. The SMILES string of the molecule is NCCCNC1CCNCC1. The number of hydrogen-bond donors (Lipinski definition) is 3. The quantitative estimate of drug-likeness (QED) is 0.490. The zero-order chi connectivity index (χ0) is 7.94.